The van der Waals surface area contributed by atoms with Crippen molar-refractivity contribution in [1.29, 1.82) is 0 Å². The lowest BCUT2D eigenvalue weighted by molar-refractivity contribution is 0.439. The molecule has 0 aliphatic carbocycles. The van der Waals surface area contributed by atoms with Gasteiger partial charge in [0.05, 0.1) is 5.56 Å². The van der Waals surface area contributed by atoms with E-state index in [-0.39, 0.29) is 17.4 Å². The number of nitrogens with zero attached hydrogens (tertiary/aromatic N) is 2. The fourth-order valence-electron chi connectivity index (χ4n) is 1.19. The van der Waals surface area contributed by atoms with Crippen molar-refractivity contribution in [2.24, 2.45) is 0 Å². The van der Waals surface area contributed by atoms with Gasteiger partial charge in [-0.3, -0.25) is 9.78 Å². The molecule has 0 saturated heterocycles. The van der Waals surface area contributed by atoms with Gasteiger partial charge in [-0.1, -0.05) is 13.8 Å². The summed E-state index contributed by atoms with van der Waals surface area (Å²) in [5.41, 5.74) is 0.0480. The molecule has 14 heavy (non-hydrogen) atoms. The molecule has 0 radical (unpaired) electrons. The zero-order valence-electron chi connectivity index (χ0n) is 8.83. The first kappa shape index (κ1) is 10.6. The van der Waals surface area contributed by atoms with Crippen LogP contribution >= 0.6 is 0 Å². The van der Waals surface area contributed by atoms with Crippen LogP contribution in [0.2, 0.25) is 0 Å². The van der Waals surface area contributed by atoms with E-state index in [0.717, 1.165) is 0 Å². The molecule has 5 nitrogen and oxygen atoms in total. The Morgan fingerprint density at radius 3 is 2.36 bits per heavy atom. The maximum atomic E-state index is 11.5. The average Bonchev–Trinajstić information content (AvgIpc) is 2.01. The molecule has 1 aromatic rings. The zero-order chi connectivity index (χ0) is 10.9. The molecule has 0 spiro atoms. The van der Waals surface area contributed by atoms with Crippen molar-refractivity contribution in [1.82, 2.24) is 9.97 Å². The van der Waals surface area contributed by atoms with Gasteiger partial charge in [0.1, 0.15) is 0 Å². The topological polar surface area (TPSA) is 69.2 Å². The van der Waals surface area contributed by atoms with Crippen molar-refractivity contribution in [3.63, 3.8) is 0 Å². The van der Waals surface area contributed by atoms with Crippen LogP contribution in [-0.4, -0.2) is 29.2 Å². The van der Waals surface area contributed by atoms with Gasteiger partial charge in [-0.15, -0.1) is 0 Å². The second-order valence-corrected chi connectivity index (χ2v) is 3.68. The molecule has 0 unspecified atom stereocenters. The molecular formula is C9H15N3O2. The molecular weight excluding hydrogens is 182 g/mol. The van der Waals surface area contributed by atoms with E-state index in [0.29, 0.717) is 11.5 Å². The second kappa shape index (κ2) is 3.69. The normalized spacial score (nSPS) is 10.6. The van der Waals surface area contributed by atoms with E-state index in [4.69, 9.17) is 0 Å². The summed E-state index contributed by atoms with van der Waals surface area (Å²) in [6.07, 6.45) is 0. The number of anilines is 1. The molecule has 5 heteroatoms. The van der Waals surface area contributed by atoms with Crippen molar-refractivity contribution in [2.75, 3.05) is 19.0 Å². The van der Waals surface area contributed by atoms with E-state index in [1.54, 1.807) is 19.0 Å². The maximum absolute atomic E-state index is 11.5. The SMILES string of the molecule is CC(C)c1c(O)nc(N(C)C)[nH]c1=O. The predicted molar refractivity (Wildman–Crippen MR) is 54.9 cm³/mol. The molecule has 1 rings (SSSR count). The minimum atomic E-state index is -0.281. The Morgan fingerprint density at radius 1 is 1.43 bits per heavy atom. The summed E-state index contributed by atoms with van der Waals surface area (Å²) >= 11 is 0. The molecule has 1 aromatic heterocycles. The highest BCUT2D eigenvalue weighted by molar-refractivity contribution is 5.35. The Morgan fingerprint density at radius 2 is 2.00 bits per heavy atom. The van der Waals surface area contributed by atoms with Gasteiger partial charge >= 0.3 is 0 Å². The van der Waals surface area contributed by atoms with Gasteiger partial charge in [0, 0.05) is 14.1 Å². The number of hydrogen-bond donors (Lipinski definition) is 2. The van der Waals surface area contributed by atoms with Crippen LogP contribution in [0.25, 0.3) is 0 Å². The zero-order valence-corrected chi connectivity index (χ0v) is 8.83. The van der Waals surface area contributed by atoms with Crippen molar-refractivity contribution in [3.8, 4) is 5.88 Å². The summed E-state index contributed by atoms with van der Waals surface area (Å²) < 4.78 is 0. The highest BCUT2D eigenvalue weighted by Gasteiger charge is 2.14. The average molecular weight is 197 g/mol. The lowest BCUT2D eigenvalue weighted by Gasteiger charge is -2.13. The third-order valence-electron chi connectivity index (χ3n) is 1.92. The summed E-state index contributed by atoms with van der Waals surface area (Å²) in [7, 11) is 3.49. The molecule has 0 aliphatic rings. The molecule has 0 aliphatic heterocycles. The van der Waals surface area contributed by atoms with Gasteiger partial charge in [0.15, 0.2) is 0 Å². The first-order valence-corrected chi connectivity index (χ1v) is 4.44. The van der Waals surface area contributed by atoms with Gasteiger partial charge in [-0.05, 0) is 5.92 Å². The predicted octanol–water partition coefficient (Wildman–Crippen LogP) is 0.665. The number of H-pyrrole nitrogens is 1. The molecule has 1 heterocycles. The number of rotatable bonds is 2. The highest BCUT2D eigenvalue weighted by Crippen LogP contribution is 2.19. The van der Waals surface area contributed by atoms with Crippen molar-refractivity contribution in [2.45, 2.75) is 19.8 Å². The van der Waals surface area contributed by atoms with Crippen molar-refractivity contribution in [3.05, 3.63) is 15.9 Å². The van der Waals surface area contributed by atoms with Gasteiger partial charge in [-0.25, -0.2) is 0 Å². The molecule has 0 amide bonds. The number of nitrogens with one attached hydrogen (secondary N) is 1. The van der Waals surface area contributed by atoms with Crippen LogP contribution in [0, 0.1) is 0 Å². The fraction of sp³-hybridized carbons (Fsp3) is 0.556. The molecule has 0 fully saturated rings. The van der Waals surface area contributed by atoms with Gasteiger partial charge in [-0.2, -0.15) is 4.98 Å². The molecule has 0 saturated carbocycles. The van der Waals surface area contributed by atoms with Gasteiger partial charge in [0.25, 0.3) is 5.56 Å². The van der Waals surface area contributed by atoms with E-state index >= 15 is 0 Å². The van der Waals surface area contributed by atoms with E-state index in [1.165, 1.54) is 0 Å². The Balaban J connectivity index is 3.33. The lowest BCUT2D eigenvalue weighted by Crippen LogP contribution is -2.21. The van der Waals surface area contributed by atoms with Crippen LogP contribution in [0.3, 0.4) is 0 Å². The summed E-state index contributed by atoms with van der Waals surface area (Å²) in [5, 5.41) is 9.53. The van der Waals surface area contributed by atoms with E-state index < -0.39 is 0 Å². The second-order valence-electron chi connectivity index (χ2n) is 3.68. The number of aromatic hydroxyl groups is 1. The van der Waals surface area contributed by atoms with Gasteiger partial charge in [0.2, 0.25) is 11.8 Å². The van der Waals surface area contributed by atoms with Crippen LogP contribution in [0.5, 0.6) is 5.88 Å². The molecule has 2 N–H and O–H groups in total. The summed E-state index contributed by atoms with van der Waals surface area (Å²) in [4.78, 5) is 19.6. The largest absolute Gasteiger partial charge is 0.493 e. The molecule has 0 atom stereocenters. The monoisotopic (exact) mass is 197 g/mol. The Bertz CT molecular complexity index is 382. The van der Waals surface area contributed by atoms with Crippen molar-refractivity contribution < 1.29 is 5.11 Å². The minimum Gasteiger partial charge on any atom is -0.493 e. The Kier molecular flexibility index (Phi) is 2.78. The summed E-state index contributed by atoms with van der Waals surface area (Å²) in [6.45, 7) is 3.67. The Labute approximate surface area is 82.4 Å². The highest BCUT2D eigenvalue weighted by atomic mass is 16.3. The third-order valence-corrected chi connectivity index (χ3v) is 1.92. The van der Waals surface area contributed by atoms with Gasteiger partial charge < -0.3 is 10.0 Å². The molecule has 78 valence electrons. The van der Waals surface area contributed by atoms with Crippen LogP contribution in [0.15, 0.2) is 4.79 Å². The quantitative estimate of drug-likeness (QED) is 0.731. The van der Waals surface area contributed by atoms with E-state index in [2.05, 4.69) is 9.97 Å². The van der Waals surface area contributed by atoms with Crippen LogP contribution < -0.4 is 10.5 Å². The first-order valence-electron chi connectivity index (χ1n) is 4.44. The van der Waals surface area contributed by atoms with E-state index in [9.17, 15) is 9.90 Å². The standard InChI is InChI=1S/C9H15N3O2/c1-5(2)6-7(13)10-9(12(3)4)11-8(6)14/h5H,1-4H3,(H2,10,11,13,14). The Hall–Kier alpha value is -1.52. The number of aromatic amines is 1. The molecule has 0 bridgehead atoms. The van der Waals surface area contributed by atoms with Crippen LogP contribution in [-0.2, 0) is 0 Å². The summed E-state index contributed by atoms with van der Waals surface area (Å²) in [6, 6.07) is 0. The number of hydrogen-bond acceptors (Lipinski definition) is 4. The maximum Gasteiger partial charge on any atom is 0.259 e. The van der Waals surface area contributed by atoms with Crippen molar-refractivity contribution >= 4 is 5.95 Å². The molecule has 0 aromatic carbocycles. The van der Waals surface area contributed by atoms with Crippen LogP contribution in [0.4, 0.5) is 5.95 Å². The number of aromatic nitrogens is 2. The first-order chi connectivity index (χ1) is 6.43. The summed E-state index contributed by atoms with van der Waals surface area (Å²) in [5.74, 6) is 0.131. The lowest BCUT2D eigenvalue weighted by atomic mass is 10.1. The van der Waals surface area contributed by atoms with Crippen LogP contribution in [0.1, 0.15) is 25.3 Å². The fourth-order valence-corrected chi connectivity index (χ4v) is 1.19. The third kappa shape index (κ3) is 1.86. The minimum absolute atomic E-state index is 0.0394. The van der Waals surface area contributed by atoms with E-state index in [1.807, 2.05) is 13.8 Å². The smallest absolute Gasteiger partial charge is 0.259 e.